The van der Waals surface area contributed by atoms with E-state index in [-0.39, 0.29) is 0 Å². The smallest absolute Gasteiger partial charge is 0.122 e. The van der Waals surface area contributed by atoms with Gasteiger partial charge in [0.15, 0.2) is 0 Å². The van der Waals surface area contributed by atoms with Crippen LogP contribution in [0.2, 0.25) is 0 Å². The quantitative estimate of drug-likeness (QED) is 0.690. The Morgan fingerprint density at radius 3 is 2.32 bits per heavy atom. The lowest BCUT2D eigenvalue weighted by Crippen LogP contribution is -2.15. The van der Waals surface area contributed by atoms with Crippen LogP contribution in [0.15, 0.2) is 54.6 Å². The van der Waals surface area contributed by atoms with Crippen molar-refractivity contribution in [3.05, 3.63) is 65.7 Å². The van der Waals surface area contributed by atoms with Crippen LogP contribution in [0.25, 0.3) is 0 Å². The monoisotopic (exact) mass is 294 g/mol. The molecule has 0 aliphatic heterocycles. The van der Waals surface area contributed by atoms with Crippen molar-refractivity contribution in [1.29, 1.82) is 0 Å². The van der Waals surface area contributed by atoms with Gasteiger partial charge in [0.25, 0.3) is 0 Å². The SMILES string of the molecule is c1ccc(CCc2ccccc2OCC2CCCCC2)cc1. The number of ether oxygens (including phenoxy) is 1. The van der Waals surface area contributed by atoms with Crippen LogP contribution in [-0.2, 0) is 12.8 Å². The van der Waals surface area contributed by atoms with Gasteiger partial charge in [0.05, 0.1) is 6.61 Å². The van der Waals surface area contributed by atoms with Crippen LogP contribution >= 0.6 is 0 Å². The molecule has 116 valence electrons. The number of aryl methyl sites for hydroxylation is 2. The topological polar surface area (TPSA) is 9.23 Å². The number of hydrogen-bond donors (Lipinski definition) is 0. The molecule has 1 heteroatoms. The van der Waals surface area contributed by atoms with Crippen molar-refractivity contribution in [3.63, 3.8) is 0 Å². The Hall–Kier alpha value is -1.76. The van der Waals surface area contributed by atoms with E-state index in [4.69, 9.17) is 4.74 Å². The molecular weight excluding hydrogens is 268 g/mol. The highest BCUT2D eigenvalue weighted by molar-refractivity contribution is 5.34. The Bertz CT molecular complexity index is 555. The second kappa shape index (κ2) is 8.03. The normalized spacial score (nSPS) is 15.6. The average Bonchev–Trinajstić information content (AvgIpc) is 2.61. The van der Waals surface area contributed by atoms with Gasteiger partial charge in [-0.3, -0.25) is 0 Å². The summed E-state index contributed by atoms with van der Waals surface area (Å²) in [6.45, 7) is 0.891. The molecule has 0 aromatic heterocycles. The predicted octanol–water partition coefficient (Wildman–Crippen LogP) is 5.43. The largest absolute Gasteiger partial charge is 0.493 e. The Kier molecular flexibility index (Phi) is 5.53. The van der Waals surface area contributed by atoms with Crippen LogP contribution in [0.4, 0.5) is 0 Å². The Labute approximate surface area is 134 Å². The summed E-state index contributed by atoms with van der Waals surface area (Å²) >= 11 is 0. The molecule has 2 aromatic carbocycles. The van der Waals surface area contributed by atoms with E-state index in [2.05, 4.69) is 54.6 Å². The van der Waals surface area contributed by atoms with Crippen molar-refractivity contribution in [2.24, 2.45) is 5.92 Å². The fourth-order valence-corrected chi connectivity index (χ4v) is 3.34. The van der Waals surface area contributed by atoms with Crippen molar-refractivity contribution in [3.8, 4) is 5.75 Å². The average molecular weight is 294 g/mol. The molecular formula is C21H26O. The minimum Gasteiger partial charge on any atom is -0.493 e. The van der Waals surface area contributed by atoms with E-state index in [1.165, 1.54) is 43.2 Å². The van der Waals surface area contributed by atoms with E-state index < -0.39 is 0 Å². The molecule has 1 fully saturated rings. The van der Waals surface area contributed by atoms with Gasteiger partial charge in [-0.15, -0.1) is 0 Å². The van der Waals surface area contributed by atoms with Crippen LogP contribution in [0.1, 0.15) is 43.2 Å². The fourth-order valence-electron chi connectivity index (χ4n) is 3.34. The number of rotatable bonds is 6. The van der Waals surface area contributed by atoms with E-state index in [1.54, 1.807) is 0 Å². The number of benzene rings is 2. The molecule has 22 heavy (non-hydrogen) atoms. The molecule has 0 spiro atoms. The maximum absolute atomic E-state index is 6.17. The van der Waals surface area contributed by atoms with E-state index in [0.717, 1.165) is 31.1 Å². The number of hydrogen-bond acceptors (Lipinski definition) is 1. The van der Waals surface area contributed by atoms with Gasteiger partial charge in [0.2, 0.25) is 0 Å². The zero-order chi connectivity index (χ0) is 15.0. The van der Waals surface area contributed by atoms with Crippen molar-refractivity contribution < 1.29 is 4.74 Å². The first kappa shape index (κ1) is 15.1. The molecule has 0 atom stereocenters. The molecule has 2 aromatic rings. The molecule has 0 saturated heterocycles. The van der Waals surface area contributed by atoms with Crippen molar-refractivity contribution >= 4 is 0 Å². The van der Waals surface area contributed by atoms with E-state index in [0.29, 0.717) is 0 Å². The van der Waals surface area contributed by atoms with Crippen LogP contribution in [0.5, 0.6) is 5.75 Å². The van der Waals surface area contributed by atoms with Gasteiger partial charge in [-0.1, -0.05) is 67.8 Å². The summed E-state index contributed by atoms with van der Waals surface area (Å²) in [7, 11) is 0. The standard InChI is InChI=1S/C21H26O/c1-3-9-18(10-4-1)15-16-20-13-7-8-14-21(20)22-17-19-11-5-2-6-12-19/h1,3-4,7-10,13-14,19H,2,5-6,11-12,15-17H2. The number of para-hydroxylation sites is 1. The summed E-state index contributed by atoms with van der Waals surface area (Å²) < 4.78 is 6.17. The predicted molar refractivity (Wildman–Crippen MR) is 92.4 cm³/mol. The molecule has 0 radical (unpaired) electrons. The molecule has 0 bridgehead atoms. The lowest BCUT2D eigenvalue weighted by molar-refractivity contribution is 0.207. The summed E-state index contributed by atoms with van der Waals surface area (Å²) in [5, 5.41) is 0. The summed E-state index contributed by atoms with van der Waals surface area (Å²) in [5.74, 6) is 1.85. The molecule has 1 nitrogen and oxygen atoms in total. The van der Waals surface area contributed by atoms with Crippen LogP contribution in [0.3, 0.4) is 0 Å². The van der Waals surface area contributed by atoms with Crippen LogP contribution in [0, 0.1) is 5.92 Å². The Morgan fingerprint density at radius 1 is 0.773 bits per heavy atom. The first-order chi connectivity index (χ1) is 10.9. The third-order valence-corrected chi connectivity index (χ3v) is 4.70. The van der Waals surface area contributed by atoms with Gasteiger partial charge in [0, 0.05) is 0 Å². The second-order valence-electron chi connectivity index (χ2n) is 6.41. The zero-order valence-corrected chi connectivity index (χ0v) is 13.3. The Morgan fingerprint density at radius 2 is 1.50 bits per heavy atom. The summed E-state index contributed by atoms with van der Waals surface area (Å²) in [6.07, 6.45) is 8.96. The highest BCUT2D eigenvalue weighted by atomic mass is 16.5. The minimum absolute atomic E-state index is 0.760. The molecule has 1 saturated carbocycles. The van der Waals surface area contributed by atoms with E-state index in [1.807, 2.05) is 0 Å². The third-order valence-electron chi connectivity index (χ3n) is 4.70. The lowest BCUT2D eigenvalue weighted by atomic mass is 9.90. The van der Waals surface area contributed by atoms with Gasteiger partial charge in [-0.2, -0.15) is 0 Å². The fraction of sp³-hybridized carbons (Fsp3) is 0.429. The molecule has 0 amide bonds. The molecule has 0 heterocycles. The van der Waals surface area contributed by atoms with Gasteiger partial charge >= 0.3 is 0 Å². The van der Waals surface area contributed by atoms with Crippen molar-refractivity contribution in [2.75, 3.05) is 6.61 Å². The molecule has 3 rings (SSSR count). The molecule has 1 aliphatic rings. The zero-order valence-electron chi connectivity index (χ0n) is 13.3. The highest BCUT2D eigenvalue weighted by Gasteiger charge is 2.14. The molecule has 0 unspecified atom stereocenters. The van der Waals surface area contributed by atoms with Crippen LogP contribution in [-0.4, -0.2) is 6.61 Å². The summed E-state index contributed by atoms with van der Waals surface area (Å²) in [4.78, 5) is 0. The Balaban J connectivity index is 1.57. The van der Waals surface area contributed by atoms with Gasteiger partial charge in [-0.05, 0) is 48.8 Å². The van der Waals surface area contributed by atoms with Gasteiger partial charge in [-0.25, -0.2) is 0 Å². The maximum atomic E-state index is 6.17. The third kappa shape index (κ3) is 4.37. The van der Waals surface area contributed by atoms with E-state index >= 15 is 0 Å². The summed E-state index contributed by atoms with van der Waals surface area (Å²) in [6, 6.07) is 19.2. The first-order valence-corrected chi connectivity index (χ1v) is 8.66. The van der Waals surface area contributed by atoms with Crippen molar-refractivity contribution in [2.45, 2.75) is 44.9 Å². The first-order valence-electron chi connectivity index (χ1n) is 8.66. The van der Waals surface area contributed by atoms with E-state index in [9.17, 15) is 0 Å². The lowest BCUT2D eigenvalue weighted by Gasteiger charge is -2.22. The maximum Gasteiger partial charge on any atom is 0.122 e. The summed E-state index contributed by atoms with van der Waals surface area (Å²) in [5.41, 5.74) is 2.73. The second-order valence-corrected chi connectivity index (χ2v) is 6.41. The highest BCUT2D eigenvalue weighted by Crippen LogP contribution is 2.26. The van der Waals surface area contributed by atoms with Crippen LogP contribution < -0.4 is 4.74 Å². The van der Waals surface area contributed by atoms with Gasteiger partial charge < -0.3 is 4.74 Å². The minimum atomic E-state index is 0.760. The molecule has 0 N–H and O–H groups in total. The van der Waals surface area contributed by atoms with Gasteiger partial charge in [0.1, 0.15) is 5.75 Å². The molecule has 1 aliphatic carbocycles. The van der Waals surface area contributed by atoms with Crippen molar-refractivity contribution in [1.82, 2.24) is 0 Å².